The Balaban J connectivity index is 0. The van der Waals surface area contributed by atoms with Gasteiger partial charge in [0.25, 0.3) is 0 Å². The summed E-state index contributed by atoms with van der Waals surface area (Å²) in [4.78, 5) is 13.8. The van der Waals surface area contributed by atoms with Gasteiger partial charge in [0.05, 0.1) is 6.54 Å². The quantitative estimate of drug-likeness (QED) is 0.125. The maximum atomic E-state index is 11.0. The van der Waals surface area contributed by atoms with Gasteiger partial charge in [-0.3, -0.25) is 4.99 Å². The summed E-state index contributed by atoms with van der Waals surface area (Å²) in [5, 5.41) is 25.6. The third-order valence-corrected chi connectivity index (χ3v) is 1.83. The second kappa shape index (κ2) is 15.3. The standard InChI is InChI=1S/C11H21N3O3.K/c1-2-5-12-6-7-13-8-9-14-10(15)3-4-11(16)17;/h3-4,12-13H,2,5-9H2,1H3,(H,14,15)(H,16,17);/q;+1/p-1/b4-3+;. The van der Waals surface area contributed by atoms with Crippen molar-refractivity contribution in [3.8, 4) is 0 Å². The van der Waals surface area contributed by atoms with Gasteiger partial charge in [0, 0.05) is 25.7 Å². The molecule has 7 heteroatoms. The van der Waals surface area contributed by atoms with E-state index in [0.29, 0.717) is 13.1 Å². The van der Waals surface area contributed by atoms with Crippen LogP contribution < -0.4 is 67.1 Å². The minimum atomic E-state index is -1.14. The zero-order valence-electron chi connectivity index (χ0n) is 11.1. The summed E-state index contributed by atoms with van der Waals surface area (Å²) < 4.78 is 0. The maximum Gasteiger partial charge on any atom is 1.00 e. The molecule has 0 spiro atoms. The fraction of sp³-hybridized carbons (Fsp3) is 0.636. The average molecular weight is 281 g/mol. The summed E-state index contributed by atoms with van der Waals surface area (Å²) in [6.45, 7) is 5.80. The van der Waals surface area contributed by atoms with E-state index in [9.17, 15) is 9.90 Å². The van der Waals surface area contributed by atoms with Gasteiger partial charge in [-0.2, -0.15) is 0 Å². The number of nitrogens with zero attached hydrogens (tertiary/aromatic N) is 1. The first kappa shape index (κ1) is 20.6. The van der Waals surface area contributed by atoms with Crippen molar-refractivity contribution in [2.75, 3.05) is 32.7 Å². The first-order valence-corrected chi connectivity index (χ1v) is 5.70. The molecule has 0 atom stereocenters. The molecule has 0 amide bonds. The minimum Gasteiger partial charge on any atom is -0.859 e. The normalized spacial score (nSPS) is 11.5. The Morgan fingerprint density at radius 1 is 1.22 bits per heavy atom. The Hall–Kier alpha value is 0.236. The second-order valence-corrected chi connectivity index (χ2v) is 3.39. The summed E-state index contributed by atoms with van der Waals surface area (Å²) in [5.41, 5.74) is 0. The fourth-order valence-corrected chi connectivity index (χ4v) is 1.04. The minimum absolute atomic E-state index is 0. The van der Waals surface area contributed by atoms with Crippen LogP contribution >= 0.6 is 0 Å². The number of carboxylic acid groups (broad SMARTS) is 1. The Labute approximate surface area is 150 Å². The molecule has 0 aliphatic carbocycles. The van der Waals surface area contributed by atoms with Crippen LogP contribution in [0.15, 0.2) is 17.1 Å². The number of aliphatic imine (C=N–C) groups is 1. The van der Waals surface area contributed by atoms with Crippen molar-refractivity contribution in [1.29, 1.82) is 0 Å². The van der Waals surface area contributed by atoms with Gasteiger partial charge < -0.3 is 20.8 Å². The second-order valence-electron chi connectivity index (χ2n) is 3.39. The van der Waals surface area contributed by atoms with E-state index in [1.165, 1.54) is 0 Å². The van der Waals surface area contributed by atoms with E-state index in [1.807, 2.05) is 0 Å². The predicted molar refractivity (Wildman–Crippen MR) is 65.1 cm³/mol. The molecule has 0 unspecified atom stereocenters. The van der Waals surface area contributed by atoms with Gasteiger partial charge in [0.1, 0.15) is 0 Å². The van der Waals surface area contributed by atoms with Crippen molar-refractivity contribution < 1.29 is 66.4 Å². The number of rotatable bonds is 10. The number of hydrogen-bond acceptors (Lipinski definition) is 5. The molecule has 0 aromatic rings. The molecule has 0 saturated carbocycles. The molecule has 0 aliphatic heterocycles. The molecule has 0 aromatic carbocycles. The smallest absolute Gasteiger partial charge is 0.859 e. The van der Waals surface area contributed by atoms with Crippen LogP contribution in [0.4, 0.5) is 0 Å². The van der Waals surface area contributed by atoms with Gasteiger partial charge in [-0.15, -0.1) is 0 Å². The molecule has 0 bridgehead atoms. The third-order valence-electron chi connectivity index (χ3n) is 1.83. The summed E-state index contributed by atoms with van der Waals surface area (Å²) in [5.74, 6) is -1.66. The van der Waals surface area contributed by atoms with Gasteiger partial charge in [0.15, 0.2) is 0 Å². The molecule has 3 N–H and O–H groups in total. The predicted octanol–water partition coefficient (Wildman–Crippen LogP) is -4.02. The Morgan fingerprint density at radius 2 is 1.83 bits per heavy atom. The molecule has 0 radical (unpaired) electrons. The van der Waals surface area contributed by atoms with E-state index in [0.717, 1.165) is 38.2 Å². The molecule has 0 aliphatic rings. The zero-order chi connectivity index (χ0) is 12.9. The summed E-state index contributed by atoms with van der Waals surface area (Å²) in [6.07, 6.45) is 2.85. The monoisotopic (exact) mass is 281 g/mol. The Kier molecular flexibility index (Phi) is 17.5. The van der Waals surface area contributed by atoms with Gasteiger partial charge in [-0.25, -0.2) is 4.79 Å². The molecule has 0 rings (SSSR count). The summed E-state index contributed by atoms with van der Waals surface area (Å²) in [7, 11) is 0. The average Bonchev–Trinajstić information content (AvgIpc) is 2.30. The van der Waals surface area contributed by atoms with Crippen molar-refractivity contribution in [1.82, 2.24) is 10.6 Å². The molecule has 0 fully saturated rings. The van der Waals surface area contributed by atoms with Crippen molar-refractivity contribution in [3.05, 3.63) is 12.2 Å². The van der Waals surface area contributed by atoms with E-state index in [1.54, 1.807) is 0 Å². The largest absolute Gasteiger partial charge is 1.00 e. The first-order valence-electron chi connectivity index (χ1n) is 5.70. The van der Waals surface area contributed by atoms with E-state index in [-0.39, 0.29) is 51.4 Å². The van der Waals surface area contributed by atoms with Gasteiger partial charge in [-0.05, 0) is 24.9 Å². The molecule has 0 heterocycles. The summed E-state index contributed by atoms with van der Waals surface area (Å²) in [6, 6.07) is 0. The number of nitrogens with one attached hydrogen (secondary N) is 2. The molecular weight excluding hydrogens is 261 g/mol. The van der Waals surface area contributed by atoms with Crippen molar-refractivity contribution in [2.24, 2.45) is 4.99 Å². The first-order chi connectivity index (χ1) is 8.16. The van der Waals surface area contributed by atoms with Gasteiger partial charge in [-0.1, -0.05) is 6.92 Å². The van der Waals surface area contributed by atoms with Crippen LogP contribution in [0.3, 0.4) is 0 Å². The van der Waals surface area contributed by atoms with Crippen LogP contribution in [0.25, 0.3) is 0 Å². The van der Waals surface area contributed by atoms with Crippen LogP contribution in [-0.4, -0.2) is 49.7 Å². The van der Waals surface area contributed by atoms with Gasteiger partial charge >= 0.3 is 57.4 Å². The molecule has 0 saturated heterocycles. The van der Waals surface area contributed by atoms with Crippen LogP contribution in [0.5, 0.6) is 0 Å². The molecule has 6 nitrogen and oxygen atoms in total. The van der Waals surface area contributed by atoms with Crippen LogP contribution in [0, 0.1) is 0 Å². The SMILES string of the molecule is CCCNCCNCCN=C([O-])/C=C/C(=O)O.[K+]. The number of aliphatic carboxylic acids is 1. The Bertz CT molecular complexity index is 270. The van der Waals surface area contributed by atoms with Crippen molar-refractivity contribution in [3.63, 3.8) is 0 Å². The topological polar surface area (TPSA) is 96.8 Å². The fourth-order valence-electron chi connectivity index (χ4n) is 1.04. The third kappa shape index (κ3) is 16.2. The molecule has 98 valence electrons. The number of hydrogen-bond donors (Lipinski definition) is 3. The maximum absolute atomic E-state index is 11.0. The molecular formula is C11H20KN3O3. The molecule has 18 heavy (non-hydrogen) atoms. The van der Waals surface area contributed by atoms with E-state index in [2.05, 4.69) is 22.5 Å². The van der Waals surface area contributed by atoms with Gasteiger partial charge in [0.2, 0.25) is 0 Å². The van der Waals surface area contributed by atoms with Crippen molar-refractivity contribution in [2.45, 2.75) is 13.3 Å². The van der Waals surface area contributed by atoms with Crippen molar-refractivity contribution >= 4 is 11.9 Å². The molecule has 0 aromatic heterocycles. The van der Waals surface area contributed by atoms with E-state index >= 15 is 0 Å². The van der Waals surface area contributed by atoms with Crippen LogP contribution in [-0.2, 0) is 4.79 Å². The van der Waals surface area contributed by atoms with Crippen LogP contribution in [0.1, 0.15) is 13.3 Å². The van der Waals surface area contributed by atoms with Crippen LogP contribution in [0.2, 0.25) is 0 Å². The van der Waals surface area contributed by atoms with E-state index < -0.39 is 11.9 Å². The van der Waals surface area contributed by atoms with E-state index in [4.69, 9.17) is 5.11 Å². The summed E-state index contributed by atoms with van der Waals surface area (Å²) >= 11 is 0. The zero-order valence-corrected chi connectivity index (χ0v) is 14.2. The number of carbonyl (C=O) groups is 1. The Morgan fingerprint density at radius 3 is 2.39 bits per heavy atom. The number of carboxylic acids is 1.